The molecule has 0 bridgehead atoms. The standard InChI is InChI=1S/C26H27BrN4O4/c1-25(2,3)34-23(32)30-14-13-19(29-30)16-7-9-17(10-8-16)22-28-20-12-11-18(27)15-21(20)31(22)24(33)35-26(4,5)6/h7-15H,1-6H3. The summed E-state index contributed by atoms with van der Waals surface area (Å²) in [5.41, 5.74) is 2.20. The van der Waals surface area contributed by atoms with Gasteiger partial charge in [0.15, 0.2) is 5.82 Å². The molecule has 4 aromatic rings. The highest BCUT2D eigenvalue weighted by Crippen LogP contribution is 2.30. The second kappa shape index (κ2) is 8.96. The first-order valence-electron chi connectivity index (χ1n) is 11.1. The van der Waals surface area contributed by atoms with E-state index >= 15 is 0 Å². The van der Waals surface area contributed by atoms with E-state index < -0.39 is 23.4 Å². The summed E-state index contributed by atoms with van der Waals surface area (Å²) in [7, 11) is 0. The Bertz CT molecular complexity index is 1410. The van der Waals surface area contributed by atoms with Crippen molar-refractivity contribution in [3.8, 4) is 22.6 Å². The highest BCUT2D eigenvalue weighted by Gasteiger charge is 2.24. The molecule has 0 unspecified atom stereocenters. The van der Waals surface area contributed by atoms with Gasteiger partial charge in [0.05, 0.1) is 16.7 Å². The van der Waals surface area contributed by atoms with Gasteiger partial charge in [-0.3, -0.25) is 0 Å². The van der Waals surface area contributed by atoms with Gasteiger partial charge in [-0.2, -0.15) is 9.78 Å². The summed E-state index contributed by atoms with van der Waals surface area (Å²) < 4.78 is 14.5. The first-order valence-corrected chi connectivity index (χ1v) is 11.9. The third-order valence-electron chi connectivity index (χ3n) is 4.80. The topological polar surface area (TPSA) is 88.2 Å². The normalized spacial score (nSPS) is 12.1. The average molecular weight is 539 g/mol. The summed E-state index contributed by atoms with van der Waals surface area (Å²) in [5, 5.41) is 4.34. The van der Waals surface area contributed by atoms with E-state index in [1.165, 1.54) is 9.25 Å². The van der Waals surface area contributed by atoms with Crippen LogP contribution in [0.25, 0.3) is 33.7 Å². The third-order valence-corrected chi connectivity index (χ3v) is 5.29. The molecular weight excluding hydrogens is 512 g/mol. The summed E-state index contributed by atoms with van der Waals surface area (Å²) in [6.45, 7) is 10.9. The van der Waals surface area contributed by atoms with Crippen molar-refractivity contribution < 1.29 is 19.1 Å². The van der Waals surface area contributed by atoms with E-state index in [1.807, 2.05) is 63.2 Å². The Kier molecular flexibility index (Phi) is 6.31. The molecule has 8 nitrogen and oxygen atoms in total. The van der Waals surface area contributed by atoms with Crippen LogP contribution in [0.3, 0.4) is 0 Å². The molecule has 35 heavy (non-hydrogen) atoms. The Morgan fingerprint density at radius 1 is 0.829 bits per heavy atom. The molecule has 0 aliphatic carbocycles. The number of nitrogens with zero attached hydrogens (tertiary/aromatic N) is 4. The van der Waals surface area contributed by atoms with E-state index in [1.54, 1.807) is 33.0 Å². The van der Waals surface area contributed by atoms with Crippen molar-refractivity contribution in [3.63, 3.8) is 0 Å². The van der Waals surface area contributed by atoms with Crippen molar-refractivity contribution in [1.29, 1.82) is 0 Å². The summed E-state index contributed by atoms with van der Waals surface area (Å²) >= 11 is 3.47. The minimum absolute atomic E-state index is 0.471. The van der Waals surface area contributed by atoms with Gasteiger partial charge in [-0.25, -0.2) is 19.1 Å². The van der Waals surface area contributed by atoms with Crippen LogP contribution < -0.4 is 0 Å². The number of benzene rings is 2. The molecular formula is C26H27BrN4O4. The van der Waals surface area contributed by atoms with Gasteiger partial charge in [-0.05, 0) is 65.8 Å². The second-order valence-corrected chi connectivity index (χ2v) is 11.0. The van der Waals surface area contributed by atoms with Gasteiger partial charge in [0.25, 0.3) is 0 Å². The first-order chi connectivity index (χ1) is 16.3. The zero-order chi connectivity index (χ0) is 25.5. The molecule has 0 atom stereocenters. The second-order valence-electron chi connectivity index (χ2n) is 10.1. The summed E-state index contributed by atoms with van der Waals surface area (Å²) in [6.07, 6.45) is 0.516. The van der Waals surface area contributed by atoms with Crippen LogP contribution in [0.1, 0.15) is 41.5 Å². The number of carbonyl (C=O) groups excluding carboxylic acids is 2. The van der Waals surface area contributed by atoms with Gasteiger partial charge < -0.3 is 9.47 Å². The lowest BCUT2D eigenvalue weighted by Crippen LogP contribution is -2.27. The minimum Gasteiger partial charge on any atom is -0.443 e. The molecule has 0 saturated heterocycles. The molecule has 0 spiro atoms. The highest BCUT2D eigenvalue weighted by molar-refractivity contribution is 9.10. The fourth-order valence-electron chi connectivity index (χ4n) is 3.41. The molecule has 0 radical (unpaired) electrons. The molecule has 2 aromatic carbocycles. The van der Waals surface area contributed by atoms with Crippen molar-refractivity contribution in [1.82, 2.24) is 19.3 Å². The molecule has 2 aromatic heterocycles. The molecule has 0 N–H and O–H groups in total. The number of imidazole rings is 1. The maximum absolute atomic E-state index is 13.1. The number of aromatic nitrogens is 4. The number of hydrogen-bond acceptors (Lipinski definition) is 6. The van der Waals surface area contributed by atoms with Gasteiger partial charge in [0, 0.05) is 21.8 Å². The molecule has 4 rings (SSSR count). The zero-order valence-corrected chi connectivity index (χ0v) is 22.1. The van der Waals surface area contributed by atoms with Crippen LogP contribution in [-0.2, 0) is 9.47 Å². The lowest BCUT2D eigenvalue weighted by molar-refractivity contribution is 0.0511. The van der Waals surface area contributed by atoms with E-state index in [2.05, 4.69) is 21.0 Å². The molecule has 0 aliphatic rings. The Balaban J connectivity index is 1.69. The first kappa shape index (κ1) is 24.7. The van der Waals surface area contributed by atoms with Gasteiger partial charge in [-0.15, -0.1) is 0 Å². The number of fused-ring (bicyclic) bond motifs is 1. The van der Waals surface area contributed by atoms with Gasteiger partial charge >= 0.3 is 12.2 Å². The van der Waals surface area contributed by atoms with E-state index in [4.69, 9.17) is 14.5 Å². The molecule has 0 fully saturated rings. The van der Waals surface area contributed by atoms with Crippen LogP contribution in [0.2, 0.25) is 0 Å². The summed E-state index contributed by atoms with van der Waals surface area (Å²) in [4.78, 5) is 30.1. The Morgan fingerprint density at radius 3 is 2.06 bits per heavy atom. The third kappa shape index (κ3) is 5.62. The smallest absolute Gasteiger partial charge is 0.435 e. The fraction of sp³-hybridized carbons (Fsp3) is 0.308. The maximum atomic E-state index is 13.1. The predicted molar refractivity (Wildman–Crippen MR) is 137 cm³/mol. The predicted octanol–water partition coefficient (Wildman–Crippen LogP) is 6.90. The minimum atomic E-state index is -0.659. The quantitative estimate of drug-likeness (QED) is 0.276. The average Bonchev–Trinajstić information content (AvgIpc) is 3.36. The Morgan fingerprint density at radius 2 is 1.43 bits per heavy atom. The monoisotopic (exact) mass is 538 g/mol. The Hall–Kier alpha value is -3.46. The van der Waals surface area contributed by atoms with Gasteiger partial charge in [0.2, 0.25) is 0 Å². The van der Waals surface area contributed by atoms with E-state index in [0.29, 0.717) is 22.6 Å². The lowest BCUT2D eigenvalue weighted by Gasteiger charge is -2.20. The summed E-state index contributed by atoms with van der Waals surface area (Å²) in [6, 6.07) is 14.8. The highest BCUT2D eigenvalue weighted by atomic mass is 79.9. The van der Waals surface area contributed by atoms with Crippen LogP contribution in [0.5, 0.6) is 0 Å². The van der Waals surface area contributed by atoms with Crippen LogP contribution in [0.4, 0.5) is 9.59 Å². The molecule has 0 aliphatic heterocycles. The van der Waals surface area contributed by atoms with Crippen molar-refractivity contribution in [2.45, 2.75) is 52.7 Å². The SMILES string of the molecule is CC(C)(C)OC(=O)n1ccc(-c2ccc(-c3nc4ccc(Br)cc4n3C(=O)OC(C)(C)C)cc2)n1. The van der Waals surface area contributed by atoms with Crippen LogP contribution in [0.15, 0.2) is 59.2 Å². The van der Waals surface area contributed by atoms with Crippen LogP contribution in [-0.4, -0.2) is 42.7 Å². The Labute approximate surface area is 212 Å². The lowest BCUT2D eigenvalue weighted by atomic mass is 10.1. The zero-order valence-electron chi connectivity index (χ0n) is 20.5. The van der Waals surface area contributed by atoms with Gasteiger partial charge in [0.1, 0.15) is 11.2 Å². The van der Waals surface area contributed by atoms with Crippen LogP contribution >= 0.6 is 15.9 Å². The molecule has 9 heteroatoms. The fourth-order valence-corrected chi connectivity index (χ4v) is 3.76. The number of halogens is 1. The van der Waals surface area contributed by atoms with Crippen molar-refractivity contribution in [2.24, 2.45) is 0 Å². The number of ether oxygens (including phenoxy) is 2. The van der Waals surface area contributed by atoms with Gasteiger partial charge in [-0.1, -0.05) is 40.2 Å². The number of rotatable bonds is 2. The van der Waals surface area contributed by atoms with Crippen molar-refractivity contribution in [3.05, 3.63) is 59.2 Å². The van der Waals surface area contributed by atoms with Crippen molar-refractivity contribution in [2.75, 3.05) is 0 Å². The maximum Gasteiger partial charge on any atom is 0.435 e. The largest absolute Gasteiger partial charge is 0.443 e. The molecule has 182 valence electrons. The summed E-state index contributed by atoms with van der Waals surface area (Å²) in [5.74, 6) is 0.471. The van der Waals surface area contributed by atoms with Crippen molar-refractivity contribution >= 4 is 39.1 Å². The number of carbonyl (C=O) groups is 2. The number of hydrogen-bond donors (Lipinski definition) is 0. The molecule has 0 saturated carbocycles. The van der Waals surface area contributed by atoms with E-state index in [0.717, 1.165) is 15.6 Å². The van der Waals surface area contributed by atoms with E-state index in [-0.39, 0.29) is 0 Å². The molecule has 2 heterocycles. The van der Waals surface area contributed by atoms with E-state index in [9.17, 15) is 9.59 Å². The van der Waals surface area contributed by atoms with Crippen LogP contribution in [0, 0.1) is 0 Å². The molecule has 0 amide bonds.